The molecular formula is C23H18BrNO4. The second-order valence-corrected chi connectivity index (χ2v) is 7.69. The van der Waals surface area contributed by atoms with Gasteiger partial charge in [-0.15, -0.1) is 0 Å². The van der Waals surface area contributed by atoms with Crippen molar-refractivity contribution in [3.63, 3.8) is 0 Å². The van der Waals surface area contributed by atoms with E-state index in [-0.39, 0.29) is 18.9 Å². The van der Waals surface area contributed by atoms with Crippen molar-refractivity contribution >= 4 is 33.7 Å². The number of halogens is 1. The van der Waals surface area contributed by atoms with Crippen molar-refractivity contribution in [1.82, 2.24) is 0 Å². The van der Waals surface area contributed by atoms with Crippen molar-refractivity contribution in [1.29, 1.82) is 0 Å². The molecule has 0 fully saturated rings. The van der Waals surface area contributed by atoms with E-state index in [9.17, 15) is 9.59 Å². The van der Waals surface area contributed by atoms with Crippen LogP contribution in [0.4, 0.5) is 10.5 Å². The Morgan fingerprint density at radius 1 is 0.966 bits per heavy atom. The summed E-state index contributed by atoms with van der Waals surface area (Å²) in [6.45, 7) is 0.215. The van der Waals surface area contributed by atoms with Gasteiger partial charge in [0.25, 0.3) is 0 Å². The van der Waals surface area contributed by atoms with Gasteiger partial charge >= 0.3 is 12.1 Å². The Hall–Kier alpha value is -3.12. The average Bonchev–Trinajstić information content (AvgIpc) is 3.02. The fourth-order valence-electron chi connectivity index (χ4n) is 3.70. The summed E-state index contributed by atoms with van der Waals surface area (Å²) >= 11 is 3.37. The lowest BCUT2D eigenvalue weighted by Gasteiger charge is -2.15. The Morgan fingerprint density at radius 2 is 1.59 bits per heavy atom. The van der Waals surface area contributed by atoms with Crippen LogP contribution in [0.5, 0.6) is 0 Å². The summed E-state index contributed by atoms with van der Waals surface area (Å²) in [5.41, 5.74) is 5.69. The smallest absolute Gasteiger partial charge is 0.411 e. The summed E-state index contributed by atoms with van der Waals surface area (Å²) in [5.74, 6) is -0.950. The molecule has 0 spiro atoms. The Kier molecular flexibility index (Phi) is 5.36. The Balaban J connectivity index is 1.48. The van der Waals surface area contributed by atoms with Crippen LogP contribution in [0.2, 0.25) is 0 Å². The number of carbonyl (C=O) groups is 2. The summed E-state index contributed by atoms with van der Waals surface area (Å²) in [6, 6.07) is 21.3. The quantitative estimate of drug-likeness (QED) is 0.541. The number of anilines is 1. The molecule has 0 aromatic heterocycles. The predicted molar refractivity (Wildman–Crippen MR) is 114 cm³/mol. The van der Waals surface area contributed by atoms with E-state index >= 15 is 0 Å². The molecule has 0 bridgehead atoms. The van der Waals surface area contributed by atoms with E-state index < -0.39 is 12.1 Å². The molecular weight excluding hydrogens is 434 g/mol. The molecule has 5 nitrogen and oxygen atoms in total. The van der Waals surface area contributed by atoms with Crippen LogP contribution >= 0.6 is 15.9 Å². The molecule has 0 unspecified atom stereocenters. The third-order valence-corrected chi connectivity index (χ3v) is 5.66. The fraction of sp³-hybridized carbons (Fsp3) is 0.130. The number of hydrogen-bond acceptors (Lipinski definition) is 3. The molecule has 0 saturated carbocycles. The van der Waals surface area contributed by atoms with E-state index in [1.165, 1.54) is 11.1 Å². The average molecular weight is 452 g/mol. The zero-order valence-electron chi connectivity index (χ0n) is 15.4. The highest BCUT2D eigenvalue weighted by molar-refractivity contribution is 9.10. The first-order valence-corrected chi connectivity index (χ1v) is 9.94. The number of carbonyl (C=O) groups excluding carboxylic acids is 1. The molecule has 0 saturated heterocycles. The van der Waals surface area contributed by atoms with Gasteiger partial charge in [0, 0.05) is 10.4 Å². The van der Waals surface area contributed by atoms with E-state index in [2.05, 4.69) is 45.5 Å². The number of rotatable bonds is 5. The molecule has 146 valence electrons. The van der Waals surface area contributed by atoms with Gasteiger partial charge in [-0.05, 0) is 55.9 Å². The van der Waals surface area contributed by atoms with Crippen molar-refractivity contribution in [2.24, 2.45) is 0 Å². The summed E-state index contributed by atoms with van der Waals surface area (Å²) in [5, 5.41) is 11.6. The van der Waals surface area contributed by atoms with Gasteiger partial charge in [-0.1, -0.05) is 54.6 Å². The number of carboxylic acid groups (broad SMARTS) is 1. The fourth-order valence-corrected chi connectivity index (χ4v) is 4.04. The Morgan fingerprint density at radius 3 is 2.21 bits per heavy atom. The SMILES string of the molecule is O=C(O)Cc1ccc(Br)c(NC(=O)OCC2c3ccccc3-c3ccccc32)c1. The number of fused-ring (bicyclic) bond motifs is 3. The van der Waals surface area contributed by atoms with E-state index in [1.54, 1.807) is 18.2 Å². The van der Waals surface area contributed by atoms with Crippen LogP contribution < -0.4 is 5.32 Å². The van der Waals surface area contributed by atoms with Gasteiger partial charge in [-0.25, -0.2) is 4.79 Å². The zero-order valence-corrected chi connectivity index (χ0v) is 17.0. The minimum atomic E-state index is -0.931. The van der Waals surface area contributed by atoms with Crippen molar-refractivity contribution in [3.8, 4) is 11.1 Å². The Labute approximate surface area is 176 Å². The minimum Gasteiger partial charge on any atom is -0.481 e. The molecule has 6 heteroatoms. The minimum absolute atomic E-state index is 0.0186. The highest BCUT2D eigenvalue weighted by Gasteiger charge is 2.29. The van der Waals surface area contributed by atoms with E-state index in [0.29, 0.717) is 15.7 Å². The van der Waals surface area contributed by atoms with E-state index in [4.69, 9.17) is 9.84 Å². The summed E-state index contributed by atoms with van der Waals surface area (Å²) in [6.07, 6.45) is -0.702. The van der Waals surface area contributed by atoms with Crippen molar-refractivity contribution in [2.45, 2.75) is 12.3 Å². The van der Waals surface area contributed by atoms with Crippen LogP contribution in [0.3, 0.4) is 0 Å². The molecule has 0 atom stereocenters. The van der Waals surface area contributed by atoms with Crippen LogP contribution in [0.25, 0.3) is 11.1 Å². The first kappa shape index (κ1) is 19.2. The highest BCUT2D eigenvalue weighted by atomic mass is 79.9. The van der Waals surface area contributed by atoms with Crippen LogP contribution in [0.15, 0.2) is 71.2 Å². The lowest BCUT2D eigenvalue weighted by atomic mass is 9.98. The van der Waals surface area contributed by atoms with Crippen molar-refractivity contribution < 1.29 is 19.4 Å². The lowest BCUT2D eigenvalue weighted by molar-refractivity contribution is -0.136. The summed E-state index contributed by atoms with van der Waals surface area (Å²) < 4.78 is 6.19. The van der Waals surface area contributed by atoms with Crippen LogP contribution in [0.1, 0.15) is 22.6 Å². The first-order valence-electron chi connectivity index (χ1n) is 9.15. The third kappa shape index (κ3) is 4.03. The number of carboxylic acids is 1. The molecule has 29 heavy (non-hydrogen) atoms. The van der Waals surface area contributed by atoms with Gasteiger partial charge in [0.15, 0.2) is 0 Å². The van der Waals surface area contributed by atoms with Crippen molar-refractivity contribution in [3.05, 3.63) is 87.9 Å². The molecule has 3 aromatic rings. The molecule has 4 rings (SSSR count). The predicted octanol–water partition coefficient (Wildman–Crippen LogP) is 5.44. The maximum atomic E-state index is 12.4. The molecule has 1 aliphatic carbocycles. The van der Waals surface area contributed by atoms with Gasteiger partial charge in [-0.2, -0.15) is 0 Å². The normalized spacial score (nSPS) is 12.2. The summed E-state index contributed by atoms with van der Waals surface area (Å²) in [4.78, 5) is 23.3. The van der Waals surface area contributed by atoms with Crippen molar-refractivity contribution in [2.75, 3.05) is 11.9 Å². The van der Waals surface area contributed by atoms with E-state index in [0.717, 1.165) is 11.1 Å². The maximum Gasteiger partial charge on any atom is 0.411 e. The lowest BCUT2D eigenvalue weighted by Crippen LogP contribution is -2.18. The standard InChI is InChI=1S/C23H18BrNO4/c24-20-10-9-14(12-22(26)27)11-21(20)25-23(28)29-13-19-17-7-3-1-5-15(17)16-6-2-4-8-18(16)19/h1-11,19H,12-13H2,(H,25,28)(H,26,27). The van der Waals surface area contributed by atoms with Crippen LogP contribution in [0, 0.1) is 0 Å². The van der Waals surface area contributed by atoms with Gasteiger partial charge in [-0.3, -0.25) is 10.1 Å². The molecule has 2 N–H and O–H groups in total. The topological polar surface area (TPSA) is 75.6 Å². The zero-order chi connectivity index (χ0) is 20.4. The molecule has 0 aliphatic heterocycles. The van der Waals surface area contributed by atoms with E-state index in [1.807, 2.05) is 24.3 Å². The van der Waals surface area contributed by atoms with Gasteiger partial charge in [0.1, 0.15) is 6.61 Å². The molecule has 0 radical (unpaired) electrons. The van der Waals surface area contributed by atoms with Gasteiger partial charge in [0.05, 0.1) is 12.1 Å². The highest BCUT2D eigenvalue weighted by Crippen LogP contribution is 2.44. The molecule has 0 heterocycles. The van der Waals surface area contributed by atoms with Gasteiger partial charge < -0.3 is 9.84 Å². The maximum absolute atomic E-state index is 12.4. The van der Waals surface area contributed by atoms with Crippen LogP contribution in [-0.4, -0.2) is 23.8 Å². The first-order chi connectivity index (χ1) is 14.0. The number of hydrogen-bond donors (Lipinski definition) is 2. The third-order valence-electron chi connectivity index (χ3n) is 4.97. The Bertz CT molecular complexity index is 1050. The number of amides is 1. The number of benzene rings is 3. The molecule has 3 aromatic carbocycles. The number of aliphatic carboxylic acids is 1. The molecule has 1 aliphatic rings. The largest absolute Gasteiger partial charge is 0.481 e. The number of nitrogens with one attached hydrogen (secondary N) is 1. The monoisotopic (exact) mass is 451 g/mol. The molecule has 1 amide bonds. The van der Waals surface area contributed by atoms with Crippen LogP contribution in [-0.2, 0) is 16.0 Å². The van der Waals surface area contributed by atoms with Gasteiger partial charge in [0.2, 0.25) is 0 Å². The second-order valence-electron chi connectivity index (χ2n) is 6.84. The summed E-state index contributed by atoms with van der Waals surface area (Å²) in [7, 11) is 0. The number of ether oxygens (including phenoxy) is 1. The second kappa shape index (κ2) is 8.09.